The topological polar surface area (TPSA) is 189 Å². The Bertz CT molecular complexity index is 1430. The van der Waals surface area contributed by atoms with Crippen LogP contribution in [0.4, 0.5) is 0 Å². The number of hydrogen-bond acceptors (Lipinski definition) is 13. The molecule has 1 aliphatic rings. The third kappa shape index (κ3) is 6.72. The molecule has 0 unspecified atom stereocenters. The second kappa shape index (κ2) is 12.4. The highest BCUT2D eigenvalue weighted by atomic mass is 32.1. The van der Waals surface area contributed by atoms with Crippen molar-refractivity contribution in [3.8, 4) is 17.3 Å². The van der Waals surface area contributed by atoms with Gasteiger partial charge in [-0.3, -0.25) is 38.5 Å². The highest BCUT2D eigenvalue weighted by Crippen LogP contribution is 2.37. The Kier molecular flexibility index (Phi) is 9.28. The van der Waals surface area contributed by atoms with Crippen molar-refractivity contribution in [3.05, 3.63) is 45.2 Å². The molecule has 15 heteroatoms. The molecule has 0 saturated carbocycles. The molecule has 0 bridgehead atoms. The minimum absolute atomic E-state index is 0.0414. The minimum Gasteiger partial charge on any atom is -0.463 e. The lowest BCUT2D eigenvalue weighted by molar-refractivity contribution is -0.268. The number of hydrogen-bond donors (Lipinski definition) is 1. The van der Waals surface area contributed by atoms with Crippen LogP contribution in [0.15, 0.2) is 29.3 Å². The number of esters is 4. The first-order valence-corrected chi connectivity index (χ1v) is 11.8. The van der Waals surface area contributed by atoms with Gasteiger partial charge in [-0.15, -0.1) is 0 Å². The largest absolute Gasteiger partial charge is 0.463 e. The average molecular weight is 561 g/mol. The van der Waals surface area contributed by atoms with E-state index in [1.807, 2.05) is 6.07 Å². The fourth-order valence-electron chi connectivity index (χ4n) is 4.10. The molecule has 2 aromatic rings. The van der Waals surface area contributed by atoms with Crippen molar-refractivity contribution in [2.45, 2.75) is 58.3 Å². The van der Waals surface area contributed by atoms with Crippen LogP contribution in [0.5, 0.6) is 0 Å². The van der Waals surface area contributed by atoms with E-state index in [4.69, 9.17) is 35.9 Å². The zero-order valence-corrected chi connectivity index (χ0v) is 22.1. The smallest absolute Gasteiger partial charge is 0.303 e. The monoisotopic (exact) mass is 560 g/mol. The molecule has 3 heterocycles. The number of pyridine rings is 1. The van der Waals surface area contributed by atoms with Gasteiger partial charge in [-0.2, -0.15) is 5.26 Å². The van der Waals surface area contributed by atoms with E-state index in [1.54, 1.807) is 12.1 Å². The molecule has 0 aliphatic carbocycles. The SMILES string of the molecule is CC(=O)OC[C@H]1O[C@@H](n2c(-c3cccnc3)c(C#N)c(=O)[nH]c2=S)[C@H](OC(C)=O)[C@@H](OC(C)=O)[C@@H]1OC(C)=O. The van der Waals surface area contributed by atoms with E-state index in [-0.39, 0.29) is 21.6 Å². The first-order valence-electron chi connectivity index (χ1n) is 11.4. The summed E-state index contributed by atoms with van der Waals surface area (Å²) in [6, 6.07) is 4.94. The lowest BCUT2D eigenvalue weighted by Crippen LogP contribution is -2.60. The minimum atomic E-state index is -1.52. The molecule has 206 valence electrons. The number of nitriles is 1. The third-order valence-corrected chi connectivity index (χ3v) is 5.71. The van der Waals surface area contributed by atoms with Crippen molar-refractivity contribution in [2.24, 2.45) is 0 Å². The van der Waals surface area contributed by atoms with Gasteiger partial charge in [0.2, 0.25) is 0 Å². The maximum atomic E-state index is 12.7. The number of carbonyl (C=O) groups is 4. The maximum absolute atomic E-state index is 12.7. The molecule has 1 saturated heterocycles. The van der Waals surface area contributed by atoms with Crippen molar-refractivity contribution >= 4 is 36.1 Å². The number of nitrogens with zero attached hydrogens (tertiary/aromatic N) is 3. The molecule has 1 fully saturated rings. The van der Waals surface area contributed by atoms with Gasteiger partial charge in [0.1, 0.15) is 24.3 Å². The molecule has 0 radical (unpaired) electrons. The van der Waals surface area contributed by atoms with Gasteiger partial charge in [-0.05, 0) is 24.4 Å². The molecule has 0 amide bonds. The van der Waals surface area contributed by atoms with Crippen LogP contribution in [0.2, 0.25) is 0 Å². The molecule has 0 spiro atoms. The lowest BCUT2D eigenvalue weighted by Gasteiger charge is -2.45. The molecular weight excluding hydrogens is 536 g/mol. The average Bonchev–Trinajstić information content (AvgIpc) is 2.85. The van der Waals surface area contributed by atoms with Gasteiger partial charge in [0.25, 0.3) is 5.56 Å². The Balaban J connectivity index is 2.35. The van der Waals surface area contributed by atoms with E-state index in [2.05, 4.69) is 9.97 Å². The molecule has 14 nitrogen and oxygen atoms in total. The summed E-state index contributed by atoms with van der Waals surface area (Å²) in [6.07, 6.45) is -4.35. The predicted octanol–water partition coefficient (Wildman–Crippen LogP) is 1.10. The van der Waals surface area contributed by atoms with Crippen molar-refractivity contribution < 1.29 is 42.9 Å². The number of aromatic amines is 1. The van der Waals surface area contributed by atoms with Crippen LogP contribution < -0.4 is 5.56 Å². The Hall–Kier alpha value is -4.42. The normalized spacial score (nSPS) is 22.2. The quantitative estimate of drug-likeness (QED) is 0.288. The summed E-state index contributed by atoms with van der Waals surface area (Å²) in [4.78, 5) is 67.0. The van der Waals surface area contributed by atoms with Gasteiger partial charge in [-0.25, -0.2) is 0 Å². The van der Waals surface area contributed by atoms with Gasteiger partial charge in [0.15, 0.2) is 29.3 Å². The van der Waals surface area contributed by atoms with Crippen molar-refractivity contribution in [1.82, 2.24) is 14.5 Å². The fraction of sp³-hybridized carbons (Fsp3) is 0.417. The van der Waals surface area contributed by atoms with Gasteiger partial charge in [-0.1, -0.05) is 0 Å². The fourth-order valence-corrected chi connectivity index (χ4v) is 4.38. The summed E-state index contributed by atoms with van der Waals surface area (Å²) >= 11 is 5.43. The molecule has 2 aromatic heterocycles. The molecule has 3 rings (SSSR count). The highest BCUT2D eigenvalue weighted by molar-refractivity contribution is 7.71. The molecule has 39 heavy (non-hydrogen) atoms. The second-order valence-corrected chi connectivity index (χ2v) is 8.68. The summed E-state index contributed by atoms with van der Waals surface area (Å²) in [5, 5.41) is 9.85. The Morgan fingerprint density at radius 1 is 1.05 bits per heavy atom. The van der Waals surface area contributed by atoms with Crippen molar-refractivity contribution in [3.63, 3.8) is 0 Å². The summed E-state index contributed by atoms with van der Waals surface area (Å²) in [7, 11) is 0. The number of ether oxygens (including phenoxy) is 5. The Morgan fingerprint density at radius 2 is 1.67 bits per heavy atom. The van der Waals surface area contributed by atoms with Crippen LogP contribution in [0.1, 0.15) is 39.5 Å². The van der Waals surface area contributed by atoms with Crippen LogP contribution in [-0.4, -0.2) is 69.4 Å². The molecule has 1 aliphatic heterocycles. The second-order valence-electron chi connectivity index (χ2n) is 8.30. The highest BCUT2D eigenvalue weighted by Gasteiger charge is 2.53. The van der Waals surface area contributed by atoms with Gasteiger partial charge in [0.05, 0.1) is 5.69 Å². The number of carbonyl (C=O) groups excluding carboxylic acids is 4. The zero-order chi connectivity index (χ0) is 28.9. The van der Waals surface area contributed by atoms with Crippen LogP contribution in [0, 0.1) is 16.1 Å². The van der Waals surface area contributed by atoms with E-state index < -0.39 is 66.7 Å². The van der Waals surface area contributed by atoms with Crippen molar-refractivity contribution in [1.29, 1.82) is 5.26 Å². The van der Waals surface area contributed by atoms with E-state index in [1.165, 1.54) is 17.0 Å². The molecule has 5 atom stereocenters. The van der Waals surface area contributed by atoms with E-state index in [0.717, 1.165) is 27.7 Å². The first-order chi connectivity index (χ1) is 18.4. The first kappa shape index (κ1) is 29.1. The summed E-state index contributed by atoms with van der Waals surface area (Å²) in [5.74, 6) is -3.13. The van der Waals surface area contributed by atoms with Crippen LogP contribution in [0.3, 0.4) is 0 Å². The number of rotatable bonds is 7. The summed E-state index contributed by atoms with van der Waals surface area (Å²) in [6.45, 7) is 3.94. The van der Waals surface area contributed by atoms with Crippen LogP contribution >= 0.6 is 12.2 Å². The van der Waals surface area contributed by atoms with Crippen molar-refractivity contribution in [2.75, 3.05) is 6.61 Å². The van der Waals surface area contributed by atoms with E-state index in [0.29, 0.717) is 0 Å². The molecular formula is C24H24N4O10S. The van der Waals surface area contributed by atoms with Crippen LogP contribution in [0.25, 0.3) is 11.3 Å². The van der Waals surface area contributed by atoms with Gasteiger partial charge in [0, 0.05) is 45.7 Å². The van der Waals surface area contributed by atoms with Gasteiger partial charge >= 0.3 is 23.9 Å². The molecule has 1 N–H and O–H groups in total. The standard InChI is InChI=1S/C24H24N4O10S/c1-11(29)34-10-17-19(35-12(2)30)20(36-13(3)31)21(37-14(4)32)23(38-17)28-18(15-6-5-7-26-9-15)16(8-25)22(33)27-24(28)39/h5-7,9,17,19-21,23H,10H2,1-4H3,(H,27,33,39)/t17-,19-,20+,21-,23-/m1/s1. The summed E-state index contributed by atoms with van der Waals surface area (Å²) in [5.41, 5.74) is -0.938. The number of H-pyrrole nitrogens is 1. The molecule has 0 aromatic carbocycles. The van der Waals surface area contributed by atoms with E-state index >= 15 is 0 Å². The predicted molar refractivity (Wildman–Crippen MR) is 131 cm³/mol. The van der Waals surface area contributed by atoms with E-state index in [9.17, 15) is 29.2 Å². The lowest BCUT2D eigenvalue weighted by atomic mass is 9.96. The maximum Gasteiger partial charge on any atom is 0.303 e. The number of aromatic nitrogens is 3. The van der Waals surface area contributed by atoms with Gasteiger partial charge < -0.3 is 23.7 Å². The third-order valence-electron chi connectivity index (χ3n) is 5.41. The Labute approximate surface area is 226 Å². The Morgan fingerprint density at radius 3 is 2.21 bits per heavy atom. The van der Waals surface area contributed by atoms with Crippen LogP contribution in [-0.2, 0) is 42.9 Å². The summed E-state index contributed by atoms with van der Waals surface area (Å²) < 4.78 is 28.6. The zero-order valence-electron chi connectivity index (χ0n) is 21.2. The number of nitrogens with one attached hydrogen (secondary N) is 1.